The van der Waals surface area contributed by atoms with Gasteiger partial charge in [-0.2, -0.15) is 0 Å². The van der Waals surface area contributed by atoms with Crippen LogP contribution in [0.15, 0.2) is 223 Å². The molecule has 0 amide bonds. The number of hydrogen-bond acceptors (Lipinski definition) is 1. The van der Waals surface area contributed by atoms with Crippen LogP contribution in [0.2, 0.25) is 0 Å². The topological polar surface area (TPSA) is 13.1 Å². The Morgan fingerprint density at radius 1 is 0.297 bits per heavy atom. The Morgan fingerprint density at radius 2 is 0.797 bits per heavy atom. The van der Waals surface area contributed by atoms with Crippen LogP contribution < -0.4 is 0 Å². The molecule has 0 aliphatic heterocycles. The van der Waals surface area contributed by atoms with Gasteiger partial charge in [0.25, 0.3) is 0 Å². The molecule has 1 aliphatic carbocycles. The van der Waals surface area contributed by atoms with Crippen molar-refractivity contribution in [1.82, 2.24) is 0 Å². The molecule has 1 aliphatic rings. The number of furan rings is 1. The maximum atomic E-state index is 7.24. The lowest BCUT2D eigenvalue weighted by molar-refractivity contribution is 0.669. The lowest BCUT2D eigenvalue weighted by Crippen LogP contribution is -2.28. The molecule has 0 fully saturated rings. The van der Waals surface area contributed by atoms with Crippen molar-refractivity contribution >= 4 is 86.6 Å². The molecule has 294 valence electrons. The number of benzene rings is 13. The summed E-state index contributed by atoms with van der Waals surface area (Å²) in [6, 6.07) is 81.8. The van der Waals surface area contributed by atoms with E-state index in [0.29, 0.717) is 0 Å². The van der Waals surface area contributed by atoms with Gasteiger partial charge in [-0.3, -0.25) is 0 Å². The van der Waals surface area contributed by atoms with Gasteiger partial charge in [-0.1, -0.05) is 200 Å². The van der Waals surface area contributed by atoms with E-state index in [9.17, 15) is 0 Å². The summed E-state index contributed by atoms with van der Waals surface area (Å²) in [6.07, 6.45) is 0. The smallest absolute Gasteiger partial charge is 0.144 e. The monoisotopic (exact) mass is 808 g/mol. The molecular weight excluding hydrogens is 773 g/mol. The normalized spacial score (nSPS) is 13.4. The van der Waals surface area contributed by atoms with E-state index in [4.69, 9.17) is 4.42 Å². The van der Waals surface area contributed by atoms with Crippen LogP contribution in [0.1, 0.15) is 22.3 Å². The van der Waals surface area contributed by atoms with Crippen molar-refractivity contribution in [2.45, 2.75) is 5.41 Å². The molecule has 0 atom stereocenters. The molecule has 1 aromatic heterocycles. The highest BCUT2D eigenvalue weighted by molar-refractivity contribution is 6.29. The van der Waals surface area contributed by atoms with Crippen molar-refractivity contribution in [2.75, 3.05) is 0 Å². The van der Waals surface area contributed by atoms with Crippen LogP contribution >= 0.6 is 0 Å². The highest BCUT2D eigenvalue weighted by Gasteiger charge is 2.48. The van der Waals surface area contributed by atoms with Crippen LogP contribution in [-0.4, -0.2) is 0 Å². The van der Waals surface area contributed by atoms with E-state index in [1.54, 1.807) is 0 Å². The average molecular weight is 809 g/mol. The molecule has 13 aromatic carbocycles. The molecule has 1 heteroatoms. The first-order valence-corrected chi connectivity index (χ1v) is 22.3. The van der Waals surface area contributed by atoms with Gasteiger partial charge in [-0.15, -0.1) is 0 Å². The third-order valence-electron chi connectivity index (χ3n) is 14.8. The van der Waals surface area contributed by atoms with Crippen LogP contribution in [-0.2, 0) is 5.41 Å². The quantitative estimate of drug-likeness (QED) is 0.161. The van der Waals surface area contributed by atoms with E-state index in [2.05, 4.69) is 218 Å². The Balaban J connectivity index is 1.09. The second-order valence-electron chi connectivity index (χ2n) is 17.8. The fourth-order valence-corrected chi connectivity index (χ4v) is 12.2. The van der Waals surface area contributed by atoms with Crippen molar-refractivity contribution in [1.29, 1.82) is 0 Å². The van der Waals surface area contributed by atoms with Crippen LogP contribution in [0.25, 0.3) is 120 Å². The fraction of sp³-hybridized carbons (Fsp3) is 0.0159. The predicted molar refractivity (Wildman–Crippen MR) is 269 cm³/mol. The van der Waals surface area contributed by atoms with Gasteiger partial charge in [0.2, 0.25) is 0 Å². The molecule has 0 bridgehead atoms. The largest absolute Gasteiger partial charge is 0.455 e. The van der Waals surface area contributed by atoms with E-state index in [1.165, 1.54) is 115 Å². The number of fused-ring (bicyclic) bond motifs is 7. The number of para-hydroxylation sites is 1. The third kappa shape index (κ3) is 4.33. The second kappa shape index (κ2) is 12.4. The third-order valence-corrected chi connectivity index (χ3v) is 14.8. The van der Waals surface area contributed by atoms with Gasteiger partial charge in [0, 0.05) is 16.3 Å². The van der Waals surface area contributed by atoms with Crippen LogP contribution in [0, 0.1) is 0 Å². The summed E-state index contributed by atoms with van der Waals surface area (Å²) in [5.74, 6) is 0. The molecule has 1 heterocycles. The molecule has 0 saturated carbocycles. The van der Waals surface area contributed by atoms with Crippen molar-refractivity contribution in [3.05, 3.63) is 241 Å². The van der Waals surface area contributed by atoms with Gasteiger partial charge in [-0.05, 0) is 133 Å². The predicted octanol–water partition coefficient (Wildman–Crippen LogP) is 17.1. The molecule has 14 aromatic rings. The zero-order valence-corrected chi connectivity index (χ0v) is 34.7. The first-order chi connectivity index (χ1) is 31.7. The van der Waals surface area contributed by atoms with Gasteiger partial charge in [0.05, 0.1) is 5.41 Å². The molecular formula is C63H36O. The molecule has 0 saturated heterocycles. The summed E-state index contributed by atoms with van der Waals surface area (Å²) in [4.78, 5) is 0. The van der Waals surface area contributed by atoms with E-state index in [-0.39, 0.29) is 0 Å². The maximum absolute atomic E-state index is 7.24. The standard InChI is InChI=1S/C63H36O/c1-3-15-44(16-4-1)63(45-17-5-2-6-18-45)53-35-43(46-30-25-41-23-21-37-11-9-13-39-27-32-48(46)58(41)56(37)39)29-34-50(53)61-54(63)36-52(60-51-19-7-8-20-55(51)64-62(60)61)47-31-26-42-24-22-38-12-10-14-40-28-33-49(47)59(42)57(38)40/h1-36H. The molecule has 64 heavy (non-hydrogen) atoms. The van der Waals surface area contributed by atoms with Crippen molar-refractivity contribution in [2.24, 2.45) is 0 Å². The lowest BCUT2D eigenvalue weighted by Gasteiger charge is -2.34. The van der Waals surface area contributed by atoms with Crippen LogP contribution in [0.5, 0.6) is 0 Å². The Bertz CT molecular complexity index is 4160. The lowest BCUT2D eigenvalue weighted by atomic mass is 9.67. The number of hydrogen-bond donors (Lipinski definition) is 0. The van der Waals surface area contributed by atoms with Crippen LogP contribution in [0.4, 0.5) is 0 Å². The SMILES string of the molecule is c1ccc(C2(c3ccccc3)c3cc(-c4ccc5ccc6cccc7ccc4c5c67)ccc3-c3c2cc(-c2ccc4ccc5cccc6ccc2c4c56)c2c3oc3ccccc32)cc1. The zero-order valence-electron chi connectivity index (χ0n) is 34.7. The summed E-state index contributed by atoms with van der Waals surface area (Å²) in [7, 11) is 0. The van der Waals surface area contributed by atoms with Gasteiger partial charge in [0.15, 0.2) is 0 Å². The minimum Gasteiger partial charge on any atom is -0.455 e. The highest BCUT2D eigenvalue weighted by atomic mass is 16.3. The van der Waals surface area contributed by atoms with Gasteiger partial charge in [-0.25, -0.2) is 0 Å². The minimum atomic E-state index is -0.668. The molecule has 0 unspecified atom stereocenters. The molecule has 1 nitrogen and oxygen atoms in total. The van der Waals surface area contributed by atoms with Gasteiger partial charge < -0.3 is 4.42 Å². The summed E-state index contributed by atoms with van der Waals surface area (Å²) in [5, 5.41) is 17.7. The van der Waals surface area contributed by atoms with E-state index < -0.39 is 5.41 Å². The highest BCUT2D eigenvalue weighted by Crippen LogP contribution is 2.61. The average Bonchev–Trinajstić information content (AvgIpc) is 3.89. The number of rotatable bonds is 4. The summed E-state index contributed by atoms with van der Waals surface area (Å²) in [5.41, 5.74) is 13.3. The fourth-order valence-electron chi connectivity index (χ4n) is 12.2. The van der Waals surface area contributed by atoms with Crippen molar-refractivity contribution in [3.8, 4) is 33.4 Å². The molecule has 0 radical (unpaired) electrons. The van der Waals surface area contributed by atoms with Gasteiger partial charge in [0.1, 0.15) is 11.2 Å². The van der Waals surface area contributed by atoms with E-state index in [1.807, 2.05) is 0 Å². The Hall–Kier alpha value is -8.26. The molecule has 15 rings (SSSR count). The maximum Gasteiger partial charge on any atom is 0.144 e. The summed E-state index contributed by atoms with van der Waals surface area (Å²) < 4.78 is 7.24. The minimum absolute atomic E-state index is 0.668. The van der Waals surface area contributed by atoms with E-state index >= 15 is 0 Å². The van der Waals surface area contributed by atoms with Crippen molar-refractivity contribution < 1.29 is 4.42 Å². The summed E-state index contributed by atoms with van der Waals surface area (Å²) >= 11 is 0. The molecule has 0 spiro atoms. The first-order valence-electron chi connectivity index (χ1n) is 22.3. The summed E-state index contributed by atoms with van der Waals surface area (Å²) in [6.45, 7) is 0. The Morgan fingerprint density at radius 3 is 1.42 bits per heavy atom. The Labute approximate surface area is 368 Å². The van der Waals surface area contributed by atoms with E-state index in [0.717, 1.165) is 27.5 Å². The van der Waals surface area contributed by atoms with Gasteiger partial charge >= 0.3 is 0 Å². The van der Waals surface area contributed by atoms with Crippen molar-refractivity contribution in [3.63, 3.8) is 0 Å². The van der Waals surface area contributed by atoms with Crippen LogP contribution in [0.3, 0.4) is 0 Å². The zero-order chi connectivity index (χ0) is 41.7. The second-order valence-corrected chi connectivity index (χ2v) is 17.8. The first kappa shape index (κ1) is 34.3. The molecule has 0 N–H and O–H groups in total. The Kier molecular flexibility index (Phi) is 6.67.